The fraction of sp³-hybridized carbons (Fsp3) is 0.333. The fourth-order valence-corrected chi connectivity index (χ4v) is 1.56. The lowest BCUT2D eigenvalue weighted by Gasteiger charge is -1.93. The number of hydrogen-bond donors (Lipinski definition) is 0. The molecule has 1 saturated carbocycles. The van der Waals surface area contributed by atoms with Crippen molar-refractivity contribution < 1.29 is 9.31 Å². The third-order valence-corrected chi connectivity index (χ3v) is 2.32. The van der Waals surface area contributed by atoms with E-state index in [1.807, 2.05) is 0 Å². The summed E-state index contributed by atoms with van der Waals surface area (Å²) in [7, 11) is 0. The molecule has 3 nitrogen and oxygen atoms in total. The predicted octanol–water partition coefficient (Wildman–Crippen LogP) is 1.77. The molecule has 4 heteroatoms. The van der Waals surface area contributed by atoms with Crippen LogP contribution in [0.3, 0.4) is 0 Å². The lowest BCUT2D eigenvalue weighted by atomic mass is 10.1. The molecule has 0 heterocycles. The molecule has 0 spiro atoms. The standard InChI is InChI=1S/C9H8FNO2/c10-8-7(9(8)11(12)13)6-4-2-1-3-5-6/h1-5,7-9H/t7-,8-,9-/m1/s1. The molecular formula is C9H8FNO2. The molecule has 0 aliphatic heterocycles. The summed E-state index contributed by atoms with van der Waals surface area (Å²) < 4.78 is 12.9. The molecule has 0 aromatic heterocycles. The smallest absolute Gasteiger partial charge is 0.254 e. The van der Waals surface area contributed by atoms with Crippen LogP contribution in [-0.4, -0.2) is 17.1 Å². The van der Waals surface area contributed by atoms with Crippen molar-refractivity contribution in [2.45, 2.75) is 18.1 Å². The Morgan fingerprint density at radius 3 is 2.38 bits per heavy atom. The van der Waals surface area contributed by atoms with Crippen molar-refractivity contribution in [2.24, 2.45) is 0 Å². The average molecular weight is 181 g/mol. The van der Waals surface area contributed by atoms with Crippen molar-refractivity contribution in [3.05, 3.63) is 46.0 Å². The molecule has 1 aliphatic rings. The Bertz CT molecular complexity index is 328. The largest absolute Gasteiger partial charge is 0.264 e. The van der Waals surface area contributed by atoms with Crippen molar-refractivity contribution in [2.75, 3.05) is 0 Å². The van der Waals surface area contributed by atoms with Gasteiger partial charge in [-0.15, -0.1) is 0 Å². The van der Waals surface area contributed by atoms with Crippen molar-refractivity contribution >= 4 is 0 Å². The maximum Gasteiger partial charge on any atom is 0.254 e. The zero-order chi connectivity index (χ0) is 9.42. The summed E-state index contributed by atoms with van der Waals surface area (Å²) >= 11 is 0. The predicted molar refractivity (Wildman–Crippen MR) is 44.9 cm³/mol. The number of hydrogen-bond acceptors (Lipinski definition) is 2. The number of alkyl halides is 1. The van der Waals surface area contributed by atoms with E-state index in [1.54, 1.807) is 30.3 Å². The van der Waals surface area contributed by atoms with E-state index in [0.717, 1.165) is 5.56 Å². The second-order valence-corrected chi connectivity index (χ2v) is 3.16. The van der Waals surface area contributed by atoms with Gasteiger partial charge in [0.25, 0.3) is 6.04 Å². The van der Waals surface area contributed by atoms with Crippen molar-refractivity contribution in [3.63, 3.8) is 0 Å². The highest BCUT2D eigenvalue weighted by Gasteiger charge is 2.62. The van der Waals surface area contributed by atoms with Crippen molar-refractivity contribution in [1.29, 1.82) is 0 Å². The molecule has 1 aromatic carbocycles. The molecule has 3 atom stereocenters. The third kappa shape index (κ3) is 1.28. The number of halogens is 1. The Morgan fingerprint density at radius 1 is 1.31 bits per heavy atom. The second-order valence-electron chi connectivity index (χ2n) is 3.16. The first-order chi connectivity index (χ1) is 6.22. The molecular weight excluding hydrogens is 173 g/mol. The molecule has 0 saturated heterocycles. The molecule has 0 unspecified atom stereocenters. The molecule has 0 amide bonds. The van der Waals surface area contributed by atoms with Crippen LogP contribution in [0.15, 0.2) is 30.3 Å². The molecule has 1 fully saturated rings. The highest BCUT2D eigenvalue weighted by atomic mass is 19.1. The highest BCUT2D eigenvalue weighted by molar-refractivity contribution is 5.30. The van der Waals surface area contributed by atoms with Gasteiger partial charge in [0.2, 0.25) is 0 Å². The van der Waals surface area contributed by atoms with Gasteiger partial charge in [0, 0.05) is 4.92 Å². The van der Waals surface area contributed by atoms with Gasteiger partial charge in [-0.2, -0.15) is 0 Å². The first-order valence-electron chi connectivity index (χ1n) is 4.04. The molecule has 2 rings (SSSR count). The summed E-state index contributed by atoms with van der Waals surface area (Å²) in [5.41, 5.74) is 0.719. The average Bonchev–Trinajstić information content (AvgIpc) is 2.79. The Morgan fingerprint density at radius 2 is 1.92 bits per heavy atom. The van der Waals surface area contributed by atoms with Gasteiger partial charge >= 0.3 is 0 Å². The lowest BCUT2D eigenvalue weighted by molar-refractivity contribution is -0.499. The van der Waals surface area contributed by atoms with E-state index in [2.05, 4.69) is 0 Å². The number of nitro groups is 1. The van der Waals surface area contributed by atoms with E-state index in [0.29, 0.717) is 0 Å². The van der Waals surface area contributed by atoms with Gasteiger partial charge in [-0.05, 0) is 5.56 Å². The number of rotatable bonds is 2. The van der Waals surface area contributed by atoms with Crippen LogP contribution in [0.5, 0.6) is 0 Å². The minimum absolute atomic E-state index is 0.531. The van der Waals surface area contributed by atoms with Crippen LogP contribution < -0.4 is 0 Å². The molecule has 13 heavy (non-hydrogen) atoms. The first-order valence-corrected chi connectivity index (χ1v) is 4.04. The first kappa shape index (κ1) is 8.16. The zero-order valence-corrected chi connectivity index (χ0v) is 6.76. The molecule has 0 N–H and O–H groups in total. The summed E-state index contributed by atoms with van der Waals surface area (Å²) in [4.78, 5) is 9.78. The highest BCUT2D eigenvalue weighted by Crippen LogP contribution is 2.45. The maximum absolute atomic E-state index is 12.9. The maximum atomic E-state index is 12.9. The summed E-state index contributed by atoms with van der Waals surface area (Å²) in [5.74, 6) is -0.531. The number of benzene rings is 1. The third-order valence-electron chi connectivity index (χ3n) is 2.32. The minimum atomic E-state index is -1.31. The Kier molecular flexibility index (Phi) is 1.76. The van der Waals surface area contributed by atoms with Crippen LogP contribution >= 0.6 is 0 Å². The van der Waals surface area contributed by atoms with Gasteiger partial charge < -0.3 is 0 Å². The van der Waals surface area contributed by atoms with Gasteiger partial charge in [-0.25, -0.2) is 4.39 Å². The van der Waals surface area contributed by atoms with Gasteiger partial charge in [0.15, 0.2) is 6.17 Å². The van der Waals surface area contributed by atoms with E-state index in [1.165, 1.54) is 0 Å². The van der Waals surface area contributed by atoms with Crippen LogP contribution in [0.2, 0.25) is 0 Å². The normalized spacial score (nSPS) is 31.3. The van der Waals surface area contributed by atoms with Gasteiger partial charge in [0.1, 0.15) is 0 Å². The summed E-state index contributed by atoms with van der Waals surface area (Å²) in [6, 6.07) is 7.75. The quantitative estimate of drug-likeness (QED) is 0.515. The summed E-state index contributed by atoms with van der Waals surface area (Å²) in [5, 5.41) is 10.3. The topological polar surface area (TPSA) is 43.1 Å². The van der Waals surface area contributed by atoms with E-state index in [4.69, 9.17) is 0 Å². The Balaban J connectivity index is 2.18. The number of nitrogens with zero attached hydrogens (tertiary/aromatic N) is 1. The van der Waals surface area contributed by atoms with Gasteiger partial charge in [-0.1, -0.05) is 30.3 Å². The van der Waals surface area contributed by atoms with Crippen LogP contribution in [0.4, 0.5) is 4.39 Å². The van der Waals surface area contributed by atoms with E-state index >= 15 is 0 Å². The molecule has 0 bridgehead atoms. The molecule has 1 aromatic rings. The summed E-state index contributed by atoms with van der Waals surface area (Å²) in [6.45, 7) is 0. The zero-order valence-electron chi connectivity index (χ0n) is 6.76. The monoisotopic (exact) mass is 181 g/mol. The van der Waals surface area contributed by atoms with Crippen LogP contribution in [0.25, 0.3) is 0 Å². The van der Waals surface area contributed by atoms with Gasteiger partial charge in [-0.3, -0.25) is 10.1 Å². The Labute approximate surface area is 74.3 Å². The van der Waals surface area contributed by atoms with Crippen LogP contribution in [0, 0.1) is 10.1 Å². The SMILES string of the molecule is O=[N+]([O-])[C@H]1[C@H](F)[C@H]1c1ccccc1. The van der Waals surface area contributed by atoms with Crippen molar-refractivity contribution in [1.82, 2.24) is 0 Å². The molecule has 1 aliphatic carbocycles. The fourth-order valence-electron chi connectivity index (χ4n) is 1.56. The van der Waals surface area contributed by atoms with Crippen LogP contribution in [-0.2, 0) is 0 Å². The Hall–Kier alpha value is -1.45. The van der Waals surface area contributed by atoms with E-state index < -0.39 is 23.1 Å². The second kappa shape index (κ2) is 2.80. The summed E-state index contributed by atoms with van der Waals surface area (Å²) in [6.07, 6.45) is -1.31. The van der Waals surface area contributed by atoms with Gasteiger partial charge in [0.05, 0.1) is 5.92 Å². The van der Waals surface area contributed by atoms with Crippen LogP contribution in [0.1, 0.15) is 11.5 Å². The molecule has 68 valence electrons. The molecule has 0 radical (unpaired) electrons. The van der Waals surface area contributed by atoms with E-state index in [9.17, 15) is 14.5 Å². The lowest BCUT2D eigenvalue weighted by Crippen LogP contribution is -2.04. The van der Waals surface area contributed by atoms with Crippen molar-refractivity contribution in [3.8, 4) is 0 Å². The minimum Gasteiger partial charge on any atom is -0.264 e. The van der Waals surface area contributed by atoms with E-state index in [-0.39, 0.29) is 0 Å².